The van der Waals surface area contributed by atoms with Gasteiger partial charge < -0.3 is 5.32 Å². The van der Waals surface area contributed by atoms with Gasteiger partial charge in [0.1, 0.15) is 0 Å². The third-order valence-electron chi connectivity index (χ3n) is 5.14. The monoisotopic (exact) mass is 487 g/mol. The number of hydrogen-bond acceptors (Lipinski definition) is 4. The Bertz CT molecular complexity index is 1350. The summed E-state index contributed by atoms with van der Waals surface area (Å²) in [7, 11) is 0. The van der Waals surface area contributed by atoms with Crippen LogP contribution in [-0.2, 0) is 18.6 Å². The third-order valence-corrected chi connectivity index (χ3v) is 5.14. The number of nitrogens with one attached hydrogen (secondary N) is 1. The average Bonchev–Trinajstić information content (AvgIpc) is 3.25. The molecule has 3 aromatic heterocycles. The second-order valence-electron chi connectivity index (χ2n) is 7.84. The van der Waals surface area contributed by atoms with Crippen molar-refractivity contribution in [2.45, 2.75) is 25.6 Å². The minimum Gasteiger partial charge on any atom is -0.319 e. The van der Waals surface area contributed by atoms with Gasteiger partial charge >= 0.3 is 6.18 Å². The fraction of sp³-hybridized carbons (Fsp3) is 0.167. The summed E-state index contributed by atoms with van der Waals surface area (Å²) in [5, 5.41) is 6.60. The first-order valence-electron chi connectivity index (χ1n) is 10.3. The smallest absolute Gasteiger partial charge is 0.319 e. The molecule has 1 aromatic carbocycles. The molecule has 3 heterocycles. The molecule has 0 saturated carbocycles. The Kier molecular flexibility index (Phi) is 6.33. The van der Waals surface area contributed by atoms with E-state index < -0.39 is 29.1 Å². The van der Waals surface area contributed by atoms with Crippen LogP contribution in [0.15, 0.2) is 73.6 Å². The lowest BCUT2D eigenvalue weighted by Gasteiger charge is -2.17. The van der Waals surface area contributed by atoms with Crippen molar-refractivity contribution >= 4 is 11.6 Å². The van der Waals surface area contributed by atoms with Crippen LogP contribution >= 0.6 is 0 Å². The predicted octanol–water partition coefficient (Wildman–Crippen LogP) is 5.77. The van der Waals surface area contributed by atoms with E-state index in [9.17, 15) is 26.7 Å². The highest BCUT2D eigenvalue weighted by Crippen LogP contribution is 2.36. The lowest BCUT2D eigenvalue weighted by atomic mass is 10.0. The number of alkyl halides is 5. The van der Waals surface area contributed by atoms with Crippen LogP contribution in [0.2, 0.25) is 0 Å². The molecule has 6 nitrogen and oxygen atoms in total. The molecular weight excluding hydrogens is 469 g/mol. The number of anilines is 1. The first-order chi connectivity index (χ1) is 16.5. The molecule has 4 rings (SSSR count). The molecule has 0 spiro atoms. The highest BCUT2D eigenvalue weighted by Gasteiger charge is 2.36. The van der Waals surface area contributed by atoms with E-state index in [0.29, 0.717) is 18.6 Å². The molecule has 35 heavy (non-hydrogen) atoms. The topological polar surface area (TPSA) is 72.7 Å². The molecule has 0 radical (unpaired) electrons. The van der Waals surface area contributed by atoms with Crippen molar-refractivity contribution in [2.24, 2.45) is 0 Å². The summed E-state index contributed by atoms with van der Waals surface area (Å²) in [5.41, 5.74) is -0.182. The number of rotatable bonds is 6. The molecule has 0 saturated heterocycles. The van der Waals surface area contributed by atoms with Crippen LogP contribution < -0.4 is 5.32 Å². The number of carbonyl (C=O) groups excluding carboxylic acids is 1. The molecule has 0 aliphatic rings. The zero-order valence-corrected chi connectivity index (χ0v) is 18.2. The van der Waals surface area contributed by atoms with Gasteiger partial charge in [0.2, 0.25) is 0 Å². The number of pyridine rings is 2. The fourth-order valence-electron chi connectivity index (χ4n) is 3.40. The van der Waals surface area contributed by atoms with E-state index in [1.165, 1.54) is 23.3 Å². The summed E-state index contributed by atoms with van der Waals surface area (Å²) in [6.45, 7) is 0.199. The molecule has 180 valence electrons. The number of amides is 1. The fourth-order valence-corrected chi connectivity index (χ4v) is 3.40. The van der Waals surface area contributed by atoms with Crippen molar-refractivity contribution in [3.63, 3.8) is 0 Å². The molecule has 1 N–H and O–H groups in total. The number of benzene rings is 1. The van der Waals surface area contributed by atoms with Crippen LogP contribution in [0.3, 0.4) is 0 Å². The van der Waals surface area contributed by atoms with Gasteiger partial charge in [-0.2, -0.15) is 18.3 Å². The van der Waals surface area contributed by atoms with Crippen molar-refractivity contribution < 1.29 is 26.7 Å². The highest BCUT2D eigenvalue weighted by molar-refractivity contribution is 6.04. The summed E-state index contributed by atoms with van der Waals surface area (Å²) >= 11 is 0. The number of nitrogens with zero attached hydrogens (tertiary/aromatic N) is 4. The van der Waals surface area contributed by atoms with E-state index in [2.05, 4.69) is 20.4 Å². The maximum Gasteiger partial charge on any atom is 0.416 e. The Hall–Kier alpha value is -4.15. The minimum absolute atomic E-state index is 0.236. The zero-order valence-electron chi connectivity index (χ0n) is 18.2. The quantitative estimate of drug-likeness (QED) is 0.351. The molecule has 11 heteroatoms. The van der Waals surface area contributed by atoms with Crippen molar-refractivity contribution in [1.29, 1.82) is 0 Å². The lowest BCUT2D eigenvalue weighted by molar-refractivity contribution is -0.138. The molecule has 0 bridgehead atoms. The van der Waals surface area contributed by atoms with Gasteiger partial charge in [0.25, 0.3) is 11.8 Å². The molecule has 4 aromatic rings. The highest BCUT2D eigenvalue weighted by atomic mass is 19.4. The van der Waals surface area contributed by atoms with E-state index in [4.69, 9.17) is 0 Å². The molecule has 0 unspecified atom stereocenters. The van der Waals surface area contributed by atoms with Gasteiger partial charge in [-0.3, -0.25) is 19.4 Å². The van der Waals surface area contributed by atoms with Gasteiger partial charge in [-0.15, -0.1) is 0 Å². The van der Waals surface area contributed by atoms with Crippen LogP contribution in [-0.4, -0.2) is 25.7 Å². The van der Waals surface area contributed by atoms with Crippen molar-refractivity contribution in [2.75, 3.05) is 5.32 Å². The van der Waals surface area contributed by atoms with Crippen molar-refractivity contribution in [3.05, 3.63) is 95.8 Å². The molecule has 0 atom stereocenters. The third kappa shape index (κ3) is 5.68. The summed E-state index contributed by atoms with van der Waals surface area (Å²) in [5.74, 6) is -3.90. The summed E-state index contributed by atoms with van der Waals surface area (Å²) in [6, 6.07) is 7.61. The van der Waals surface area contributed by atoms with Gasteiger partial charge in [0.05, 0.1) is 29.6 Å². The van der Waals surface area contributed by atoms with Crippen molar-refractivity contribution in [1.82, 2.24) is 19.7 Å². The summed E-state index contributed by atoms with van der Waals surface area (Å²) < 4.78 is 68.7. The van der Waals surface area contributed by atoms with Crippen molar-refractivity contribution in [3.8, 4) is 11.1 Å². The Labute approximate surface area is 196 Å². The number of halogens is 5. The van der Waals surface area contributed by atoms with E-state index in [-0.39, 0.29) is 23.4 Å². The normalized spacial score (nSPS) is 11.9. The van der Waals surface area contributed by atoms with Crippen LogP contribution in [0.1, 0.15) is 34.0 Å². The van der Waals surface area contributed by atoms with E-state index in [1.807, 2.05) is 6.07 Å². The first-order valence-corrected chi connectivity index (χ1v) is 10.3. The maximum atomic E-state index is 13.5. The average molecular weight is 487 g/mol. The number of hydrogen-bond donors (Lipinski definition) is 1. The summed E-state index contributed by atoms with van der Waals surface area (Å²) in [6.07, 6.45) is 4.01. The molecule has 0 fully saturated rings. The van der Waals surface area contributed by atoms with Gasteiger partial charge in [-0.05, 0) is 23.8 Å². The Balaban J connectivity index is 1.51. The van der Waals surface area contributed by atoms with Gasteiger partial charge in [0.15, 0.2) is 0 Å². The second kappa shape index (κ2) is 9.24. The van der Waals surface area contributed by atoms with E-state index in [0.717, 1.165) is 17.7 Å². The second-order valence-corrected chi connectivity index (χ2v) is 7.84. The minimum atomic E-state index is -4.83. The predicted molar refractivity (Wildman–Crippen MR) is 118 cm³/mol. The van der Waals surface area contributed by atoms with Crippen LogP contribution in [0.4, 0.5) is 27.6 Å². The molecule has 1 amide bonds. The van der Waals surface area contributed by atoms with E-state index >= 15 is 0 Å². The van der Waals surface area contributed by atoms with Crippen LogP contribution in [0.5, 0.6) is 0 Å². The standard InChI is InChI=1S/C24H18F5N5O/c1-23(25,26)19-5-4-16(21(8-19)24(27,28)29)13-34-14-20(12-32-34)33-22(35)18-7-17(10-31-11-18)15-3-2-6-30-9-15/h2-12,14H,13H2,1H3,(H,33,35). The molecule has 0 aliphatic carbocycles. The Morgan fingerprint density at radius 3 is 2.43 bits per heavy atom. The van der Waals surface area contributed by atoms with Gasteiger partial charge in [0, 0.05) is 54.6 Å². The molecule has 0 aliphatic heterocycles. The van der Waals surface area contributed by atoms with Gasteiger partial charge in [-0.25, -0.2) is 8.78 Å². The van der Waals surface area contributed by atoms with Crippen LogP contribution in [0.25, 0.3) is 11.1 Å². The van der Waals surface area contributed by atoms with Gasteiger partial charge in [-0.1, -0.05) is 18.2 Å². The Morgan fingerprint density at radius 1 is 0.971 bits per heavy atom. The Morgan fingerprint density at radius 2 is 1.74 bits per heavy atom. The number of carbonyl (C=O) groups is 1. The lowest BCUT2D eigenvalue weighted by Crippen LogP contribution is -2.15. The van der Waals surface area contributed by atoms with E-state index in [1.54, 1.807) is 30.7 Å². The maximum absolute atomic E-state index is 13.5. The van der Waals surface area contributed by atoms with Crippen LogP contribution in [0, 0.1) is 0 Å². The zero-order chi connectivity index (χ0) is 25.2. The first kappa shape index (κ1) is 24.0. The summed E-state index contributed by atoms with van der Waals surface area (Å²) in [4.78, 5) is 20.8. The SMILES string of the molecule is CC(F)(F)c1ccc(Cn2cc(NC(=O)c3cncc(-c4cccnc4)c3)cn2)c(C(F)(F)F)c1. The molecular formula is C24H18F5N5O. The number of aromatic nitrogens is 4. The largest absolute Gasteiger partial charge is 0.416 e.